The molecule has 0 fully saturated rings. The Morgan fingerprint density at radius 1 is 1.18 bits per heavy atom. The number of halogens is 1. The van der Waals surface area contributed by atoms with Gasteiger partial charge in [-0.2, -0.15) is 0 Å². The van der Waals surface area contributed by atoms with Gasteiger partial charge in [-0.1, -0.05) is 6.07 Å². The lowest BCUT2D eigenvalue weighted by atomic mass is 10.2. The van der Waals surface area contributed by atoms with E-state index in [-0.39, 0.29) is 0 Å². The fourth-order valence-corrected chi connectivity index (χ4v) is 1.88. The normalized spacial score (nSPS) is 10.1. The van der Waals surface area contributed by atoms with Crippen molar-refractivity contribution in [1.82, 2.24) is 10.3 Å². The standard InChI is InChI=1S/C16H16FN3O2/c1-11-10-12(17)5-6-14(11)20-16(22)15(21)19-9-7-13-4-2-3-8-18-13/h2-6,8,10H,7,9H2,1H3,(H,19,21)(H,20,22). The highest BCUT2D eigenvalue weighted by Gasteiger charge is 2.14. The molecular formula is C16H16FN3O2. The summed E-state index contributed by atoms with van der Waals surface area (Å²) in [6.07, 6.45) is 2.20. The van der Waals surface area contributed by atoms with Gasteiger partial charge in [-0.05, 0) is 42.8 Å². The van der Waals surface area contributed by atoms with Crippen LogP contribution in [-0.4, -0.2) is 23.3 Å². The van der Waals surface area contributed by atoms with Crippen molar-refractivity contribution in [2.75, 3.05) is 11.9 Å². The van der Waals surface area contributed by atoms with Crippen molar-refractivity contribution in [3.05, 3.63) is 59.7 Å². The first-order valence-electron chi connectivity index (χ1n) is 6.81. The average molecular weight is 301 g/mol. The SMILES string of the molecule is Cc1cc(F)ccc1NC(=O)C(=O)NCCc1ccccn1. The third-order valence-electron chi connectivity index (χ3n) is 3.04. The van der Waals surface area contributed by atoms with Crippen LogP contribution in [0.2, 0.25) is 0 Å². The number of hydrogen-bond acceptors (Lipinski definition) is 3. The van der Waals surface area contributed by atoms with Gasteiger partial charge in [0.15, 0.2) is 0 Å². The van der Waals surface area contributed by atoms with Crippen molar-refractivity contribution >= 4 is 17.5 Å². The summed E-state index contributed by atoms with van der Waals surface area (Å²) in [7, 11) is 0. The quantitative estimate of drug-likeness (QED) is 0.846. The van der Waals surface area contributed by atoms with Gasteiger partial charge in [-0.25, -0.2) is 4.39 Å². The van der Waals surface area contributed by atoms with Crippen molar-refractivity contribution in [2.45, 2.75) is 13.3 Å². The molecule has 0 aliphatic heterocycles. The van der Waals surface area contributed by atoms with Crippen LogP contribution in [0.25, 0.3) is 0 Å². The minimum Gasteiger partial charge on any atom is -0.347 e. The number of anilines is 1. The van der Waals surface area contributed by atoms with Gasteiger partial charge in [-0.3, -0.25) is 14.6 Å². The first-order chi connectivity index (χ1) is 10.6. The Kier molecular flexibility index (Phi) is 5.19. The smallest absolute Gasteiger partial charge is 0.313 e. The molecule has 0 atom stereocenters. The molecule has 0 saturated carbocycles. The van der Waals surface area contributed by atoms with Gasteiger partial charge in [0.1, 0.15) is 5.82 Å². The molecule has 1 aromatic heterocycles. The average Bonchev–Trinajstić information content (AvgIpc) is 2.51. The van der Waals surface area contributed by atoms with Crippen molar-refractivity contribution in [3.8, 4) is 0 Å². The van der Waals surface area contributed by atoms with Gasteiger partial charge in [0.2, 0.25) is 0 Å². The highest BCUT2D eigenvalue weighted by Crippen LogP contribution is 2.15. The fourth-order valence-electron chi connectivity index (χ4n) is 1.88. The van der Waals surface area contributed by atoms with Crippen LogP contribution in [0, 0.1) is 12.7 Å². The number of hydrogen-bond donors (Lipinski definition) is 2. The topological polar surface area (TPSA) is 71.1 Å². The first-order valence-corrected chi connectivity index (χ1v) is 6.81. The second-order valence-electron chi connectivity index (χ2n) is 4.74. The third-order valence-corrected chi connectivity index (χ3v) is 3.04. The summed E-state index contributed by atoms with van der Waals surface area (Å²) in [6, 6.07) is 9.43. The number of aryl methyl sites for hydroxylation is 1. The molecule has 0 radical (unpaired) electrons. The lowest BCUT2D eigenvalue weighted by Crippen LogP contribution is -2.36. The molecule has 0 unspecified atom stereocenters. The van der Waals surface area contributed by atoms with Gasteiger partial charge in [0, 0.05) is 30.5 Å². The van der Waals surface area contributed by atoms with E-state index in [2.05, 4.69) is 15.6 Å². The number of aromatic nitrogens is 1. The molecule has 22 heavy (non-hydrogen) atoms. The summed E-state index contributed by atoms with van der Waals surface area (Å²) in [4.78, 5) is 27.6. The number of nitrogens with zero attached hydrogens (tertiary/aromatic N) is 1. The maximum absolute atomic E-state index is 13.0. The van der Waals surface area contributed by atoms with Gasteiger partial charge >= 0.3 is 11.8 Å². The van der Waals surface area contributed by atoms with E-state index in [0.717, 1.165) is 5.69 Å². The Morgan fingerprint density at radius 3 is 2.68 bits per heavy atom. The van der Waals surface area contributed by atoms with E-state index in [4.69, 9.17) is 0 Å². The number of carbonyl (C=O) groups is 2. The molecule has 5 nitrogen and oxygen atoms in total. The van der Waals surface area contributed by atoms with Crippen molar-refractivity contribution < 1.29 is 14.0 Å². The highest BCUT2D eigenvalue weighted by atomic mass is 19.1. The largest absolute Gasteiger partial charge is 0.347 e. The molecule has 0 aliphatic carbocycles. The van der Waals surface area contributed by atoms with Gasteiger partial charge in [-0.15, -0.1) is 0 Å². The Hall–Kier alpha value is -2.76. The first kappa shape index (κ1) is 15.6. The summed E-state index contributed by atoms with van der Waals surface area (Å²) in [5, 5.41) is 4.97. The number of carbonyl (C=O) groups excluding carboxylic acids is 2. The minimum absolute atomic E-state index is 0.311. The molecule has 6 heteroatoms. The lowest BCUT2D eigenvalue weighted by molar-refractivity contribution is -0.136. The zero-order valence-corrected chi connectivity index (χ0v) is 12.1. The second-order valence-corrected chi connectivity index (χ2v) is 4.74. The van der Waals surface area contributed by atoms with Gasteiger partial charge in [0.25, 0.3) is 0 Å². The molecule has 2 N–H and O–H groups in total. The zero-order chi connectivity index (χ0) is 15.9. The monoisotopic (exact) mass is 301 g/mol. The van der Waals surface area contributed by atoms with Gasteiger partial charge < -0.3 is 10.6 Å². The van der Waals surface area contributed by atoms with Crippen molar-refractivity contribution in [2.24, 2.45) is 0 Å². The number of amides is 2. The van der Waals surface area contributed by atoms with E-state index >= 15 is 0 Å². The van der Waals surface area contributed by atoms with E-state index in [1.807, 2.05) is 12.1 Å². The molecule has 0 bridgehead atoms. The molecule has 1 aromatic carbocycles. The molecule has 2 amide bonds. The number of rotatable bonds is 4. The van der Waals surface area contributed by atoms with Crippen LogP contribution >= 0.6 is 0 Å². The van der Waals surface area contributed by atoms with Crippen LogP contribution < -0.4 is 10.6 Å². The molecule has 2 aromatic rings. The number of benzene rings is 1. The van der Waals surface area contributed by atoms with Crippen LogP contribution in [-0.2, 0) is 16.0 Å². The lowest BCUT2D eigenvalue weighted by Gasteiger charge is -2.08. The number of nitrogens with one attached hydrogen (secondary N) is 2. The molecule has 0 spiro atoms. The Bertz CT molecular complexity index is 674. The Morgan fingerprint density at radius 2 is 2.00 bits per heavy atom. The van der Waals surface area contributed by atoms with E-state index < -0.39 is 17.6 Å². The van der Waals surface area contributed by atoms with Crippen LogP contribution in [0.4, 0.5) is 10.1 Å². The van der Waals surface area contributed by atoms with Crippen LogP contribution in [0.3, 0.4) is 0 Å². The fraction of sp³-hybridized carbons (Fsp3) is 0.188. The summed E-state index contributed by atoms with van der Waals surface area (Å²) in [5.41, 5.74) is 1.79. The zero-order valence-electron chi connectivity index (χ0n) is 12.1. The van der Waals surface area contributed by atoms with E-state index in [1.165, 1.54) is 18.2 Å². The Labute approximate surface area is 127 Å². The minimum atomic E-state index is -0.782. The molecular weight excluding hydrogens is 285 g/mol. The molecule has 114 valence electrons. The maximum Gasteiger partial charge on any atom is 0.313 e. The molecule has 0 aliphatic rings. The van der Waals surface area contributed by atoms with E-state index in [9.17, 15) is 14.0 Å². The third kappa shape index (κ3) is 4.37. The van der Waals surface area contributed by atoms with Crippen molar-refractivity contribution in [1.29, 1.82) is 0 Å². The summed E-state index contributed by atoms with van der Waals surface area (Å²) in [6.45, 7) is 1.96. The van der Waals surface area contributed by atoms with Crippen LogP contribution in [0.15, 0.2) is 42.6 Å². The molecule has 1 heterocycles. The second kappa shape index (κ2) is 7.31. The Balaban J connectivity index is 1.83. The molecule has 2 rings (SSSR count). The highest BCUT2D eigenvalue weighted by molar-refractivity contribution is 6.39. The van der Waals surface area contributed by atoms with E-state index in [1.54, 1.807) is 19.2 Å². The summed E-state index contributed by atoms with van der Waals surface area (Å²) < 4.78 is 13.0. The maximum atomic E-state index is 13.0. The summed E-state index contributed by atoms with van der Waals surface area (Å²) in [5.74, 6) is -1.91. The van der Waals surface area contributed by atoms with Crippen LogP contribution in [0.5, 0.6) is 0 Å². The predicted molar refractivity (Wildman–Crippen MR) is 80.7 cm³/mol. The number of pyridine rings is 1. The summed E-state index contributed by atoms with van der Waals surface area (Å²) >= 11 is 0. The van der Waals surface area contributed by atoms with Crippen molar-refractivity contribution in [3.63, 3.8) is 0 Å². The molecule has 0 saturated heterocycles. The van der Waals surface area contributed by atoms with E-state index in [0.29, 0.717) is 24.2 Å². The predicted octanol–water partition coefficient (Wildman–Crippen LogP) is 1.83. The van der Waals surface area contributed by atoms with Crippen LogP contribution in [0.1, 0.15) is 11.3 Å². The van der Waals surface area contributed by atoms with Gasteiger partial charge in [0.05, 0.1) is 0 Å².